The summed E-state index contributed by atoms with van der Waals surface area (Å²) in [6, 6.07) is 1.21. The van der Waals surface area contributed by atoms with Crippen molar-refractivity contribution in [2.75, 3.05) is 5.32 Å². The molecule has 1 aromatic carbocycles. The summed E-state index contributed by atoms with van der Waals surface area (Å²) in [5.41, 5.74) is -2.89. The van der Waals surface area contributed by atoms with Crippen LogP contribution in [0.1, 0.15) is 18.4 Å². The zero-order valence-electron chi connectivity index (χ0n) is 10.8. The van der Waals surface area contributed by atoms with Gasteiger partial charge in [0.05, 0.1) is 15.9 Å². The zero-order valence-corrected chi connectivity index (χ0v) is 11.6. The van der Waals surface area contributed by atoms with Crippen molar-refractivity contribution in [2.24, 2.45) is 0 Å². The maximum atomic E-state index is 12.8. The molecule has 10 heteroatoms. The average Bonchev–Trinajstić information content (AvgIpc) is 3.20. The van der Waals surface area contributed by atoms with E-state index in [0.29, 0.717) is 12.1 Å². The van der Waals surface area contributed by atoms with Crippen molar-refractivity contribution in [1.29, 1.82) is 0 Å². The monoisotopic (exact) mass is 331 g/mol. The lowest BCUT2D eigenvalue weighted by Gasteiger charge is -2.08. The molecule has 2 aromatic rings. The Bertz CT molecular complexity index is 830. The molecular formula is C12H8F3N3O3S. The van der Waals surface area contributed by atoms with Gasteiger partial charge in [0.25, 0.3) is 11.2 Å². The van der Waals surface area contributed by atoms with E-state index in [9.17, 15) is 28.1 Å². The summed E-state index contributed by atoms with van der Waals surface area (Å²) in [4.78, 5) is 25.7. The van der Waals surface area contributed by atoms with Gasteiger partial charge in [-0.3, -0.25) is 14.9 Å². The predicted octanol–water partition coefficient (Wildman–Crippen LogP) is 3.16. The second kappa shape index (κ2) is 4.90. The molecule has 1 fully saturated rings. The van der Waals surface area contributed by atoms with Gasteiger partial charge in [-0.25, -0.2) is 0 Å². The average molecular weight is 331 g/mol. The number of nitrogens with zero attached hydrogens (tertiary/aromatic N) is 2. The number of anilines is 1. The molecule has 0 saturated heterocycles. The number of nitrogens with one attached hydrogen (secondary N) is 1. The van der Waals surface area contributed by atoms with Crippen LogP contribution in [0.3, 0.4) is 0 Å². The fraction of sp³-hybridized carbons (Fsp3) is 0.333. The number of benzene rings is 1. The Morgan fingerprint density at radius 2 is 2.05 bits per heavy atom. The fourth-order valence-electron chi connectivity index (χ4n) is 1.91. The van der Waals surface area contributed by atoms with Gasteiger partial charge in [0.15, 0.2) is 5.13 Å². The second-order valence-electron chi connectivity index (χ2n) is 4.87. The van der Waals surface area contributed by atoms with E-state index in [-0.39, 0.29) is 15.9 Å². The molecule has 22 heavy (non-hydrogen) atoms. The molecule has 0 spiro atoms. The summed E-state index contributed by atoms with van der Waals surface area (Å²) >= 11 is 0.812. The van der Waals surface area contributed by atoms with E-state index < -0.39 is 33.3 Å². The Morgan fingerprint density at radius 1 is 1.36 bits per heavy atom. The lowest BCUT2D eigenvalue weighted by atomic mass is 10.1. The Balaban J connectivity index is 2.26. The molecule has 0 atom stereocenters. The van der Waals surface area contributed by atoms with Crippen LogP contribution in [-0.4, -0.2) is 15.9 Å². The summed E-state index contributed by atoms with van der Waals surface area (Å²) in [6.07, 6.45) is -2.98. The molecule has 0 amide bonds. The molecule has 1 aliphatic rings. The highest BCUT2D eigenvalue weighted by Gasteiger charge is 2.34. The maximum absolute atomic E-state index is 12.8. The summed E-state index contributed by atoms with van der Waals surface area (Å²) < 4.78 is 38.3. The van der Waals surface area contributed by atoms with E-state index in [1.165, 1.54) is 0 Å². The number of halogens is 3. The van der Waals surface area contributed by atoms with Gasteiger partial charge in [-0.05, 0) is 18.9 Å². The van der Waals surface area contributed by atoms with Crippen LogP contribution in [0.2, 0.25) is 0 Å². The van der Waals surface area contributed by atoms with Crippen LogP contribution in [0.4, 0.5) is 24.0 Å². The molecule has 0 unspecified atom stereocenters. The third kappa shape index (κ3) is 2.73. The van der Waals surface area contributed by atoms with Crippen LogP contribution >= 0.6 is 11.3 Å². The first-order valence-electron chi connectivity index (χ1n) is 6.23. The van der Waals surface area contributed by atoms with Crippen molar-refractivity contribution in [3.8, 4) is 0 Å². The first-order chi connectivity index (χ1) is 10.3. The van der Waals surface area contributed by atoms with Crippen molar-refractivity contribution >= 4 is 32.2 Å². The number of non-ortho nitro benzene ring substituents is 1. The minimum atomic E-state index is -4.78. The van der Waals surface area contributed by atoms with Crippen molar-refractivity contribution in [2.45, 2.75) is 25.1 Å². The lowest BCUT2D eigenvalue weighted by Crippen LogP contribution is -2.13. The van der Waals surface area contributed by atoms with Gasteiger partial charge in [-0.1, -0.05) is 11.3 Å². The molecule has 1 aromatic heterocycles. The molecule has 0 bridgehead atoms. The zero-order chi connectivity index (χ0) is 16.1. The number of nitro benzene ring substituents is 1. The second-order valence-corrected chi connectivity index (χ2v) is 5.87. The summed E-state index contributed by atoms with van der Waals surface area (Å²) in [5, 5.41) is 13.8. The van der Waals surface area contributed by atoms with Gasteiger partial charge in [-0.15, -0.1) is 0 Å². The predicted molar refractivity (Wildman–Crippen MR) is 74.2 cm³/mol. The molecule has 0 aliphatic heterocycles. The van der Waals surface area contributed by atoms with Gasteiger partial charge in [-0.2, -0.15) is 18.2 Å². The number of alkyl halides is 3. The summed E-state index contributed by atoms with van der Waals surface area (Å²) in [6.45, 7) is 0. The standard InChI is InChI=1S/C12H8F3N3O3S/c13-12(14,15)5-3-7-9(8(4-5)18(20)21)22-11(17-10(7)19)16-6-1-2-6/h3-4,6H,1-2H2,(H,16,17,19). The topological polar surface area (TPSA) is 85.1 Å². The first kappa shape index (κ1) is 14.7. The SMILES string of the molecule is O=c1nc(NC2CC2)sc2c([N+](=O)[O-])cc(C(F)(F)F)cc12. The van der Waals surface area contributed by atoms with Crippen molar-refractivity contribution in [3.63, 3.8) is 0 Å². The quantitative estimate of drug-likeness (QED) is 0.690. The van der Waals surface area contributed by atoms with E-state index in [0.717, 1.165) is 24.2 Å². The Kier molecular flexibility index (Phi) is 3.28. The highest BCUT2D eigenvalue weighted by atomic mass is 32.1. The minimum absolute atomic E-state index is 0.110. The van der Waals surface area contributed by atoms with Crippen molar-refractivity contribution in [3.05, 3.63) is 38.2 Å². The summed E-state index contributed by atoms with van der Waals surface area (Å²) in [5.74, 6) is 0. The molecule has 116 valence electrons. The van der Waals surface area contributed by atoms with Crippen molar-refractivity contribution in [1.82, 2.24) is 4.98 Å². The van der Waals surface area contributed by atoms with E-state index in [1.807, 2.05) is 0 Å². The minimum Gasteiger partial charge on any atom is -0.359 e. The van der Waals surface area contributed by atoms with Crippen LogP contribution in [0.25, 0.3) is 10.1 Å². The number of aromatic nitrogens is 1. The van der Waals surface area contributed by atoms with Gasteiger partial charge in [0.1, 0.15) is 4.70 Å². The highest BCUT2D eigenvalue weighted by Crippen LogP contribution is 2.38. The van der Waals surface area contributed by atoms with E-state index in [2.05, 4.69) is 10.3 Å². The number of hydrogen-bond acceptors (Lipinski definition) is 6. The van der Waals surface area contributed by atoms with Crippen LogP contribution in [0, 0.1) is 10.1 Å². The molecule has 1 N–H and O–H groups in total. The third-order valence-corrected chi connectivity index (χ3v) is 4.17. The largest absolute Gasteiger partial charge is 0.416 e. The molecular weight excluding hydrogens is 323 g/mol. The van der Waals surface area contributed by atoms with Crippen LogP contribution in [0.15, 0.2) is 16.9 Å². The Hall–Kier alpha value is -2.23. The number of hydrogen-bond donors (Lipinski definition) is 1. The van der Waals surface area contributed by atoms with Crippen LogP contribution in [0.5, 0.6) is 0 Å². The fourth-order valence-corrected chi connectivity index (χ4v) is 2.96. The third-order valence-electron chi connectivity index (χ3n) is 3.13. The van der Waals surface area contributed by atoms with Crippen molar-refractivity contribution < 1.29 is 18.1 Å². The van der Waals surface area contributed by atoms with Crippen LogP contribution in [-0.2, 0) is 6.18 Å². The maximum Gasteiger partial charge on any atom is 0.416 e. The van der Waals surface area contributed by atoms with Crippen LogP contribution < -0.4 is 10.9 Å². The Morgan fingerprint density at radius 3 is 2.59 bits per heavy atom. The molecule has 1 aliphatic carbocycles. The van der Waals surface area contributed by atoms with E-state index >= 15 is 0 Å². The van der Waals surface area contributed by atoms with E-state index in [1.54, 1.807) is 0 Å². The molecule has 0 radical (unpaired) electrons. The molecule has 6 nitrogen and oxygen atoms in total. The molecule has 3 rings (SSSR count). The molecule has 1 saturated carbocycles. The number of nitro groups is 1. The van der Waals surface area contributed by atoms with Gasteiger partial charge in [0, 0.05) is 12.1 Å². The lowest BCUT2D eigenvalue weighted by molar-refractivity contribution is -0.383. The number of rotatable bonds is 3. The van der Waals surface area contributed by atoms with Gasteiger partial charge < -0.3 is 5.32 Å². The number of fused-ring (bicyclic) bond motifs is 1. The van der Waals surface area contributed by atoms with Gasteiger partial charge >= 0.3 is 6.18 Å². The normalized spacial score (nSPS) is 15.0. The highest BCUT2D eigenvalue weighted by molar-refractivity contribution is 7.22. The molecule has 1 heterocycles. The first-order valence-corrected chi connectivity index (χ1v) is 7.04. The summed E-state index contributed by atoms with van der Waals surface area (Å²) in [7, 11) is 0. The Labute approximate surface area is 124 Å². The van der Waals surface area contributed by atoms with E-state index in [4.69, 9.17) is 0 Å². The van der Waals surface area contributed by atoms with Gasteiger partial charge in [0.2, 0.25) is 0 Å². The smallest absolute Gasteiger partial charge is 0.359 e.